The van der Waals surface area contributed by atoms with Gasteiger partial charge >= 0.3 is 6.01 Å². The van der Waals surface area contributed by atoms with Gasteiger partial charge in [0, 0.05) is 41.6 Å². The summed E-state index contributed by atoms with van der Waals surface area (Å²) in [5.41, 5.74) is 4.28. The highest BCUT2D eigenvalue weighted by molar-refractivity contribution is 6.30. The first-order chi connectivity index (χ1) is 14.3. The molecule has 0 aliphatic heterocycles. The third-order valence-corrected chi connectivity index (χ3v) is 4.61. The van der Waals surface area contributed by atoms with Crippen LogP contribution >= 0.6 is 11.6 Å². The summed E-state index contributed by atoms with van der Waals surface area (Å²) in [6.45, 7) is 5.73. The summed E-state index contributed by atoms with van der Waals surface area (Å²) < 4.78 is 5.81. The number of amidine groups is 1. The number of hydrogen-bond acceptors (Lipinski definition) is 5. The third-order valence-electron chi connectivity index (χ3n) is 4.36. The molecular formula is C23H24ClN5O. The van der Waals surface area contributed by atoms with Gasteiger partial charge in [0.05, 0.1) is 0 Å². The van der Waals surface area contributed by atoms with E-state index in [4.69, 9.17) is 16.3 Å². The van der Waals surface area contributed by atoms with Crippen LogP contribution in [0, 0.1) is 13.8 Å². The van der Waals surface area contributed by atoms with E-state index in [0.29, 0.717) is 16.8 Å². The molecule has 0 aliphatic carbocycles. The molecule has 1 heterocycles. The number of ether oxygens (including phenoxy) is 1. The lowest BCUT2D eigenvalue weighted by atomic mass is 10.0. The zero-order valence-corrected chi connectivity index (χ0v) is 18.5. The van der Waals surface area contributed by atoms with Crippen molar-refractivity contribution in [1.82, 2.24) is 14.9 Å². The smallest absolute Gasteiger partial charge is 0.322 e. The van der Waals surface area contributed by atoms with Crippen molar-refractivity contribution in [2.45, 2.75) is 20.8 Å². The molecule has 0 unspecified atom stereocenters. The van der Waals surface area contributed by atoms with Gasteiger partial charge < -0.3 is 9.64 Å². The Balaban J connectivity index is 1.92. The van der Waals surface area contributed by atoms with E-state index < -0.39 is 0 Å². The van der Waals surface area contributed by atoms with Crippen LogP contribution in [0.15, 0.2) is 64.8 Å². The van der Waals surface area contributed by atoms with Gasteiger partial charge in [-0.15, -0.1) is 10.2 Å². The van der Waals surface area contributed by atoms with Gasteiger partial charge in [-0.05, 0) is 63.2 Å². The highest BCUT2D eigenvalue weighted by Gasteiger charge is 2.10. The number of nitrogens with zero attached hydrogens (tertiary/aromatic N) is 5. The van der Waals surface area contributed by atoms with Gasteiger partial charge in [-0.3, -0.25) is 0 Å². The average molecular weight is 422 g/mol. The second-order valence-electron chi connectivity index (χ2n) is 7.06. The number of halogens is 1. The topological polar surface area (TPSA) is 63.0 Å². The first-order valence-corrected chi connectivity index (χ1v) is 9.85. The van der Waals surface area contributed by atoms with Crippen LogP contribution in [0.3, 0.4) is 0 Å². The Hall–Kier alpha value is -3.25. The van der Waals surface area contributed by atoms with E-state index in [1.54, 1.807) is 0 Å². The number of hydrogen-bond donors (Lipinski definition) is 0. The Morgan fingerprint density at radius 1 is 0.867 bits per heavy atom. The minimum atomic E-state index is 0.332. The molecule has 0 bridgehead atoms. The highest BCUT2D eigenvalue weighted by Crippen LogP contribution is 2.21. The highest BCUT2D eigenvalue weighted by atomic mass is 35.5. The van der Waals surface area contributed by atoms with Crippen molar-refractivity contribution in [3.8, 4) is 11.8 Å². The van der Waals surface area contributed by atoms with Crippen LogP contribution < -0.4 is 4.74 Å². The van der Waals surface area contributed by atoms with Crippen molar-refractivity contribution in [3.63, 3.8) is 0 Å². The number of aromatic nitrogens is 2. The van der Waals surface area contributed by atoms with Gasteiger partial charge in [-0.2, -0.15) is 0 Å². The van der Waals surface area contributed by atoms with Crippen molar-refractivity contribution in [1.29, 1.82) is 0 Å². The second-order valence-corrected chi connectivity index (χ2v) is 7.49. The Labute approximate surface area is 181 Å². The van der Waals surface area contributed by atoms with Gasteiger partial charge in [0.15, 0.2) is 0 Å². The summed E-state index contributed by atoms with van der Waals surface area (Å²) in [5, 5.41) is 9.53. The van der Waals surface area contributed by atoms with E-state index in [2.05, 4.69) is 20.2 Å². The Kier molecular flexibility index (Phi) is 6.79. The first kappa shape index (κ1) is 21.5. The average Bonchev–Trinajstić information content (AvgIpc) is 2.69. The van der Waals surface area contributed by atoms with Crippen LogP contribution in [-0.4, -0.2) is 40.5 Å². The van der Waals surface area contributed by atoms with Gasteiger partial charge in [0.1, 0.15) is 17.3 Å². The Morgan fingerprint density at radius 2 is 1.40 bits per heavy atom. The molecule has 0 aliphatic rings. The van der Waals surface area contributed by atoms with Crippen molar-refractivity contribution in [3.05, 3.63) is 82.1 Å². The molecule has 30 heavy (non-hydrogen) atoms. The molecular weight excluding hydrogens is 398 g/mol. The SMILES string of the molecule is CC(=NN=C(c1ccc(Cl)cc1)c1ccc(Oc2nc(C)cc(C)n2)cc1)N(C)C. The maximum atomic E-state index is 6.05. The second kappa shape index (κ2) is 9.50. The van der Waals surface area contributed by atoms with E-state index in [1.807, 2.05) is 94.4 Å². The number of benzene rings is 2. The maximum Gasteiger partial charge on any atom is 0.322 e. The summed E-state index contributed by atoms with van der Waals surface area (Å²) in [5.74, 6) is 1.44. The van der Waals surface area contributed by atoms with Crippen LogP contribution in [0.1, 0.15) is 29.4 Å². The molecule has 0 saturated carbocycles. The summed E-state index contributed by atoms with van der Waals surface area (Å²) >= 11 is 6.05. The molecule has 2 aromatic carbocycles. The molecule has 3 rings (SSSR count). The molecule has 1 aromatic heterocycles. The minimum absolute atomic E-state index is 0.332. The van der Waals surface area contributed by atoms with Crippen LogP contribution in [0.25, 0.3) is 0 Å². The summed E-state index contributed by atoms with van der Waals surface area (Å²) in [7, 11) is 3.86. The Bertz CT molecular complexity index is 1050. The van der Waals surface area contributed by atoms with Crippen molar-refractivity contribution in [2.75, 3.05) is 14.1 Å². The van der Waals surface area contributed by atoms with Crippen LogP contribution in [0.4, 0.5) is 0 Å². The molecule has 0 atom stereocenters. The molecule has 0 amide bonds. The van der Waals surface area contributed by atoms with E-state index in [9.17, 15) is 0 Å². The molecule has 0 spiro atoms. The van der Waals surface area contributed by atoms with Crippen LogP contribution in [-0.2, 0) is 0 Å². The fourth-order valence-corrected chi connectivity index (χ4v) is 2.75. The van der Waals surface area contributed by atoms with Crippen molar-refractivity contribution >= 4 is 23.1 Å². The van der Waals surface area contributed by atoms with E-state index in [-0.39, 0.29) is 0 Å². The predicted molar refractivity (Wildman–Crippen MR) is 122 cm³/mol. The summed E-state index contributed by atoms with van der Waals surface area (Å²) in [6.07, 6.45) is 0. The standard InChI is InChI=1S/C23H24ClN5O/c1-15-14-16(2)26-23(25-15)30-21-12-8-19(9-13-21)22(28-27-17(3)29(4)5)18-6-10-20(24)11-7-18/h6-14H,1-5H3. The molecule has 7 heteroatoms. The predicted octanol–water partition coefficient (Wildman–Crippen LogP) is 5.27. The van der Waals surface area contributed by atoms with Crippen molar-refractivity contribution < 1.29 is 4.74 Å². The molecule has 0 saturated heterocycles. The zero-order valence-electron chi connectivity index (χ0n) is 17.7. The molecule has 0 N–H and O–H groups in total. The van der Waals surface area contributed by atoms with Gasteiger partial charge in [0.25, 0.3) is 0 Å². The minimum Gasteiger partial charge on any atom is -0.424 e. The molecule has 0 radical (unpaired) electrons. The van der Waals surface area contributed by atoms with Crippen LogP contribution in [0.5, 0.6) is 11.8 Å². The number of aryl methyl sites for hydroxylation is 2. The first-order valence-electron chi connectivity index (χ1n) is 9.48. The lowest BCUT2D eigenvalue weighted by Crippen LogP contribution is -2.18. The quantitative estimate of drug-likeness (QED) is 0.320. The monoisotopic (exact) mass is 421 g/mol. The summed E-state index contributed by atoms with van der Waals surface area (Å²) in [4.78, 5) is 10.5. The lowest BCUT2D eigenvalue weighted by molar-refractivity contribution is 0.439. The third kappa shape index (κ3) is 5.64. The van der Waals surface area contributed by atoms with Gasteiger partial charge in [0.2, 0.25) is 0 Å². The molecule has 154 valence electrons. The van der Waals surface area contributed by atoms with E-state index in [0.717, 1.165) is 34.1 Å². The largest absolute Gasteiger partial charge is 0.424 e. The molecule has 0 fully saturated rings. The number of rotatable bonds is 5. The van der Waals surface area contributed by atoms with Crippen molar-refractivity contribution in [2.24, 2.45) is 10.2 Å². The lowest BCUT2D eigenvalue weighted by Gasteiger charge is -2.11. The summed E-state index contributed by atoms with van der Waals surface area (Å²) in [6, 6.07) is 17.4. The van der Waals surface area contributed by atoms with E-state index in [1.165, 1.54) is 0 Å². The fraction of sp³-hybridized carbons (Fsp3) is 0.217. The maximum absolute atomic E-state index is 6.05. The fourth-order valence-electron chi connectivity index (χ4n) is 2.63. The van der Waals surface area contributed by atoms with Crippen LogP contribution in [0.2, 0.25) is 5.02 Å². The normalized spacial score (nSPS) is 12.1. The van der Waals surface area contributed by atoms with Gasteiger partial charge in [-0.1, -0.05) is 23.7 Å². The van der Waals surface area contributed by atoms with Gasteiger partial charge in [-0.25, -0.2) is 9.97 Å². The molecule has 3 aromatic rings. The molecule has 6 nitrogen and oxygen atoms in total. The zero-order chi connectivity index (χ0) is 21.7. The Morgan fingerprint density at radius 3 is 1.93 bits per heavy atom. The van der Waals surface area contributed by atoms with E-state index >= 15 is 0 Å².